The summed E-state index contributed by atoms with van der Waals surface area (Å²) in [5.74, 6) is -0.412. The molecule has 0 spiro atoms. The average Bonchev–Trinajstić information content (AvgIpc) is 2.64. The molecule has 3 nitrogen and oxygen atoms in total. The van der Waals surface area contributed by atoms with E-state index in [2.05, 4.69) is 0 Å². The molecule has 3 rings (SSSR count). The van der Waals surface area contributed by atoms with Gasteiger partial charge in [-0.1, -0.05) is 66.4 Å². The molecule has 3 aromatic rings. The van der Waals surface area contributed by atoms with Crippen LogP contribution in [0.4, 0.5) is 0 Å². The van der Waals surface area contributed by atoms with Crippen molar-refractivity contribution in [2.24, 2.45) is 0 Å². The van der Waals surface area contributed by atoms with Crippen molar-refractivity contribution < 1.29 is 15.0 Å². The lowest BCUT2D eigenvalue weighted by Gasteiger charge is -2.14. The summed E-state index contributed by atoms with van der Waals surface area (Å²) in [7, 11) is 0. The van der Waals surface area contributed by atoms with Gasteiger partial charge in [0.15, 0.2) is 5.78 Å². The molecule has 24 heavy (non-hydrogen) atoms. The number of ketones is 1. The zero-order valence-electron chi connectivity index (χ0n) is 12.8. The van der Waals surface area contributed by atoms with Gasteiger partial charge in [-0.15, -0.1) is 0 Å². The Morgan fingerprint density at radius 2 is 1.46 bits per heavy atom. The van der Waals surface area contributed by atoms with Crippen molar-refractivity contribution in [3.05, 3.63) is 90.0 Å². The lowest BCUT2D eigenvalue weighted by atomic mass is 10.00. The van der Waals surface area contributed by atoms with E-state index in [0.717, 1.165) is 4.90 Å². The largest absolute Gasteiger partial charge is 0.507 e. The number of phenolic OH excluding ortho intramolecular Hbond substituents is 1. The van der Waals surface area contributed by atoms with Gasteiger partial charge < -0.3 is 10.2 Å². The number of aliphatic hydroxyl groups is 1. The van der Waals surface area contributed by atoms with Crippen molar-refractivity contribution in [1.82, 2.24) is 0 Å². The van der Waals surface area contributed by atoms with Crippen LogP contribution in [-0.4, -0.2) is 16.0 Å². The van der Waals surface area contributed by atoms with Crippen molar-refractivity contribution >= 4 is 17.5 Å². The van der Waals surface area contributed by atoms with Crippen LogP contribution in [0.5, 0.6) is 5.75 Å². The second kappa shape index (κ2) is 7.34. The predicted octanol–water partition coefficient (Wildman–Crippen LogP) is 4.46. The van der Waals surface area contributed by atoms with E-state index in [4.69, 9.17) is 0 Å². The number of aliphatic hydroxyl groups excluding tert-OH is 1. The fourth-order valence-electron chi connectivity index (χ4n) is 2.37. The Kier molecular flexibility index (Phi) is 4.99. The van der Waals surface area contributed by atoms with E-state index in [1.165, 1.54) is 17.8 Å². The first-order valence-electron chi connectivity index (χ1n) is 7.49. The SMILES string of the molecule is O=C(c1cccc(O)c1Sc1ccccc1)C(O)c1ccccc1. The number of carbonyl (C=O) groups is 1. The molecule has 0 aromatic heterocycles. The summed E-state index contributed by atoms with van der Waals surface area (Å²) in [5.41, 5.74) is 0.835. The highest BCUT2D eigenvalue weighted by atomic mass is 32.2. The molecule has 0 saturated heterocycles. The molecule has 0 aliphatic carbocycles. The van der Waals surface area contributed by atoms with Gasteiger partial charge in [0.25, 0.3) is 0 Å². The standard InChI is InChI=1S/C20H16O3S/c21-17-13-7-12-16(20(17)24-15-10-5-2-6-11-15)19(23)18(22)14-8-3-1-4-9-14/h1-13,18,21-22H. The zero-order valence-corrected chi connectivity index (χ0v) is 13.6. The molecule has 0 saturated carbocycles. The third-order valence-corrected chi connectivity index (χ3v) is 4.73. The van der Waals surface area contributed by atoms with Crippen LogP contribution < -0.4 is 0 Å². The minimum Gasteiger partial charge on any atom is -0.507 e. The first-order chi connectivity index (χ1) is 11.7. The number of phenols is 1. The topological polar surface area (TPSA) is 57.5 Å². The molecule has 0 amide bonds. The summed E-state index contributed by atoms with van der Waals surface area (Å²) in [6.45, 7) is 0. The molecule has 3 aromatic carbocycles. The van der Waals surface area contributed by atoms with Gasteiger partial charge in [-0.2, -0.15) is 0 Å². The molecule has 0 radical (unpaired) electrons. The molecule has 120 valence electrons. The maximum atomic E-state index is 12.7. The number of Topliss-reactive ketones (excluding diaryl/α,β-unsaturated/α-hetero) is 1. The summed E-state index contributed by atoms with van der Waals surface area (Å²) in [6.07, 6.45) is -1.26. The van der Waals surface area contributed by atoms with Gasteiger partial charge in [-0.3, -0.25) is 4.79 Å². The predicted molar refractivity (Wildman–Crippen MR) is 94.4 cm³/mol. The van der Waals surface area contributed by atoms with Crippen LogP contribution in [0.1, 0.15) is 22.0 Å². The average molecular weight is 336 g/mol. The normalized spacial score (nSPS) is 11.9. The number of carbonyl (C=O) groups excluding carboxylic acids is 1. The van der Waals surface area contributed by atoms with Crippen LogP contribution >= 0.6 is 11.8 Å². The first-order valence-corrected chi connectivity index (χ1v) is 8.30. The van der Waals surface area contributed by atoms with Crippen LogP contribution in [0.25, 0.3) is 0 Å². The molecule has 0 aliphatic heterocycles. The fraction of sp³-hybridized carbons (Fsp3) is 0.0500. The highest BCUT2D eigenvalue weighted by Crippen LogP contribution is 2.38. The number of hydrogen-bond acceptors (Lipinski definition) is 4. The van der Waals surface area contributed by atoms with E-state index in [1.807, 2.05) is 36.4 Å². The molecular weight excluding hydrogens is 320 g/mol. The van der Waals surface area contributed by atoms with Crippen LogP contribution in [-0.2, 0) is 0 Å². The summed E-state index contributed by atoms with van der Waals surface area (Å²) < 4.78 is 0. The van der Waals surface area contributed by atoms with Gasteiger partial charge in [0.1, 0.15) is 11.9 Å². The summed E-state index contributed by atoms with van der Waals surface area (Å²) in [5, 5.41) is 20.6. The first kappa shape index (κ1) is 16.3. The smallest absolute Gasteiger partial charge is 0.197 e. The highest BCUT2D eigenvalue weighted by Gasteiger charge is 2.23. The van der Waals surface area contributed by atoms with Crippen LogP contribution in [0.2, 0.25) is 0 Å². The van der Waals surface area contributed by atoms with Crippen molar-refractivity contribution in [2.45, 2.75) is 15.9 Å². The molecule has 0 bridgehead atoms. The summed E-state index contributed by atoms with van der Waals surface area (Å²) in [4.78, 5) is 14.1. The number of rotatable bonds is 5. The molecule has 0 fully saturated rings. The van der Waals surface area contributed by atoms with E-state index in [-0.39, 0.29) is 5.75 Å². The quantitative estimate of drug-likeness (QED) is 0.675. The van der Waals surface area contributed by atoms with Gasteiger partial charge in [0.2, 0.25) is 0 Å². The molecule has 1 atom stereocenters. The van der Waals surface area contributed by atoms with Crippen molar-refractivity contribution in [3.8, 4) is 5.75 Å². The van der Waals surface area contributed by atoms with Crippen molar-refractivity contribution in [3.63, 3.8) is 0 Å². The van der Waals surface area contributed by atoms with Gasteiger partial charge in [0.05, 0.1) is 4.90 Å². The van der Waals surface area contributed by atoms with Gasteiger partial charge >= 0.3 is 0 Å². The van der Waals surface area contributed by atoms with E-state index < -0.39 is 11.9 Å². The van der Waals surface area contributed by atoms with Crippen LogP contribution in [0.3, 0.4) is 0 Å². The minimum atomic E-state index is -1.26. The van der Waals surface area contributed by atoms with Gasteiger partial charge in [0, 0.05) is 10.5 Å². The third kappa shape index (κ3) is 3.50. The highest BCUT2D eigenvalue weighted by molar-refractivity contribution is 7.99. The van der Waals surface area contributed by atoms with Crippen molar-refractivity contribution in [1.29, 1.82) is 0 Å². The number of benzene rings is 3. The Hall–Kier alpha value is -2.56. The second-order valence-electron chi connectivity index (χ2n) is 5.25. The Morgan fingerprint density at radius 3 is 2.12 bits per heavy atom. The van der Waals surface area contributed by atoms with Crippen molar-refractivity contribution in [2.75, 3.05) is 0 Å². The van der Waals surface area contributed by atoms with Crippen LogP contribution in [0.15, 0.2) is 88.7 Å². The lowest BCUT2D eigenvalue weighted by Crippen LogP contribution is -2.13. The van der Waals surface area contributed by atoms with Crippen LogP contribution in [0, 0.1) is 0 Å². The Bertz CT molecular complexity index is 832. The maximum absolute atomic E-state index is 12.7. The lowest BCUT2D eigenvalue weighted by molar-refractivity contribution is 0.0743. The second-order valence-corrected chi connectivity index (χ2v) is 6.33. The Labute approximate surface area is 144 Å². The van der Waals surface area contributed by atoms with E-state index >= 15 is 0 Å². The third-order valence-electron chi connectivity index (χ3n) is 3.59. The van der Waals surface area contributed by atoms with E-state index in [9.17, 15) is 15.0 Å². The maximum Gasteiger partial charge on any atom is 0.197 e. The monoisotopic (exact) mass is 336 g/mol. The molecule has 0 heterocycles. The number of hydrogen-bond donors (Lipinski definition) is 2. The molecule has 2 N–H and O–H groups in total. The zero-order chi connectivity index (χ0) is 16.9. The van der Waals surface area contributed by atoms with Gasteiger partial charge in [-0.25, -0.2) is 0 Å². The van der Waals surface area contributed by atoms with E-state index in [1.54, 1.807) is 36.4 Å². The molecule has 0 aliphatic rings. The summed E-state index contributed by atoms with van der Waals surface area (Å²) >= 11 is 1.30. The van der Waals surface area contributed by atoms with E-state index in [0.29, 0.717) is 16.0 Å². The number of aromatic hydroxyl groups is 1. The molecule has 1 unspecified atom stereocenters. The Morgan fingerprint density at radius 1 is 0.833 bits per heavy atom. The molecule has 4 heteroatoms. The fourth-order valence-corrected chi connectivity index (χ4v) is 3.35. The Balaban J connectivity index is 1.96. The van der Waals surface area contributed by atoms with Gasteiger partial charge in [-0.05, 0) is 29.8 Å². The summed E-state index contributed by atoms with van der Waals surface area (Å²) in [6, 6.07) is 23.0. The molecular formula is C20H16O3S. The minimum absolute atomic E-state index is 0.0231.